The average Bonchev–Trinajstić information content (AvgIpc) is 3.14. The van der Waals surface area contributed by atoms with Crippen molar-refractivity contribution >= 4 is 11.9 Å². The Hall–Kier alpha value is -2.39. The van der Waals surface area contributed by atoms with Crippen molar-refractivity contribution in [1.29, 1.82) is 0 Å². The van der Waals surface area contributed by atoms with Gasteiger partial charge in [0.15, 0.2) is 5.82 Å². The van der Waals surface area contributed by atoms with Crippen LogP contribution in [0.4, 0.5) is 16.3 Å². The summed E-state index contributed by atoms with van der Waals surface area (Å²) in [4.78, 5) is 22.3. The fourth-order valence-corrected chi connectivity index (χ4v) is 4.34. The van der Waals surface area contributed by atoms with Crippen LogP contribution in [0.25, 0.3) is 0 Å². The number of fused-ring (bicyclic) bond motifs is 2. The number of morpholine rings is 1. The average molecular weight is 386 g/mol. The maximum absolute atomic E-state index is 13.2. The molecular weight excluding hydrogens is 363 g/mol. The lowest BCUT2D eigenvalue weighted by Gasteiger charge is -2.36. The summed E-state index contributed by atoms with van der Waals surface area (Å²) in [5, 5.41) is 0. The van der Waals surface area contributed by atoms with Crippen molar-refractivity contribution in [2.75, 3.05) is 55.8 Å². The molecule has 0 unspecified atom stereocenters. The molecule has 2 aromatic rings. The maximum Gasteiger partial charge on any atom is 0.225 e. The van der Waals surface area contributed by atoms with Gasteiger partial charge in [0.1, 0.15) is 0 Å². The van der Waals surface area contributed by atoms with Crippen LogP contribution in [0.3, 0.4) is 0 Å². The van der Waals surface area contributed by atoms with E-state index in [2.05, 4.69) is 19.8 Å². The Labute approximate surface area is 162 Å². The van der Waals surface area contributed by atoms with Crippen molar-refractivity contribution in [2.45, 2.75) is 25.4 Å². The van der Waals surface area contributed by atoms with Gasteiger partial charge in [0.2, 0.25) is 11.9 Å². The number of aromatic nitrogens is 4. The third kappa shape index (κ3) is 2.98. The molecule has 148 valence electrons. The van der Waals surface area contributed by atoms with Gasteiger partial charge in [-0.05, 0) is 13.3 Å². The molecule has 2 aromatic heterocycles. The molecule has 0 aromatic carbocycles. The molecule has 0 amide bonds. The van der Waals surface area contributed by atoms with Crippen molar-refractivity contribution in [1.82, 2.24) is 19.9 Å². The van der Waals surface area contributed by atoms with Gasteiger partial charge in [0.05, 0.1) is 49.9 Å². The molecular formula is C19H23FN6O2. The van der Waals surface area contributed by atoms with Gasteiger partial charge in [-0.15, -0.1) is 0 Å². The van der Waals surface area contributed by atoms with E-state index < -0.39 is 5.82 Å². The van der Waals surface area contributed by atoms with Crippen LogP contribution in [0.1, 0.15) is 23.4 Å². The first-order valence-electron chi connectivity index (χ1n) is 9.66. The molecule has 2 saturated heterocycles. The summed E-state index contributed by atoms with van der Waals surface area (Å²) in [6, 6.07) is 0. The lowest BCUT2D eigenvalue weighted by molar-refractivity contribution is 0.0550. The van der Waals surface area contributed by atoms with E-state index in [1.807, 2.05) is 6.92 Å². The van der Waals surface area contributed by atoms with E-state index >= 15 is 0 Å². The molecule has 8 nitrogen and oxygen atoms in total. The second-order valence-electron chi connectivity index (χ2n) is 7.68. The lowest BCUT2D eigenvalue weighted by atomic mass is 9.80. The zero-order chi connectivity index (χ0) is 19.1. The highest BCUT2D eigenvalue weighted by Gasteiger charge is 2.46. The van der Waals surface area contributed by atoms with Crippen LogP contribution in [-0.4, -0.2) is 65.9 Å². The van der Waals surface area contributed by atoms with Gasteiger partial charge in [0, 0.05) is 37.4 Å². The molecule has 3 aliphatic rings. The number of nitrogens with zero attached hydrogens (tertiary/aromatic N) is 6. The number of hydrogen-bond acceptors (Lipinski definition) is 8. The smallest absolute Gasteiger partial charge is 0.225 e. The quantitative estimate of drug-likeness (QED) is 0.763. The zero-order valence-electron chi connectivity index (χ0n) is 15.9. The molecule has 0 aliphatic carbocycles. The summed E-state index contributed by atoms with van der Waals surface area (Å²) < 4.78 is 24.6. The number of anilines is 2. The molecule has 1 spiro atoms. The van der Waals surface area contributed by atoms with Gasteiger partial charge < -0.3 is 19.3 Å². The van der Waals surface area contributed by atoms with E-state index in [-0.39, 0.29) is 5.41 Å². The molecule has 0 bridgehead atoms. The first kappa shape index (κ1) is 17.7. The van der Waals surface area contributed by atoms with Crippen LogP contribution >= 0.6 is 0 Å². The van der Waals surface area contributed by atoms with E-state index in [1.165, 1.54) is 12.4 Å². The number of rotatable bonds is 2. The van der Waals surface area contributed by atoms with Gasteiger partial charge in [-0.2, -0.15) is 0 Å². The van der Waals surface area contributed by atoms with Crippen LogP contribution in [0.2, 0.25) is 0 Å². The summed E-state index contributed by atoms with van der Waals surface area (Å²) in [6.07, 6.45) is 3.31. The topological polar surface area (TPSA) is 76.5 Å². The summed E-state index contributed by atoms with van der Waals surface area (Å²) >= 11 is 0. The van der Waals surface area contributed by atoms with Gasteiger partial charge >= 0.3 is 0 Å². The number of halogens is 1. The predicted octanol–water partition coefficient (Wildman–Crippen LogP) is 1.23. The minimum absolute atomic E-state index is 0.222. The molecule has 2 fully saturated rings. The highest BCUT2D eigenvalue weighted by molar-refractivity contribution is 5.45. The van der Waals surface area contributed by atoms with Crippen LogP contribution < -0.4 is 9.80 Å². The molecule has 28 heavy (non-hydrogen) atoms. The Kier molecular flexibility index (Phi) is 4.36. The number of aryl methyl sites for hydroxylation is 1. The van der Waals surface area contributed by atoms with E-state index in [9.17, 15) is 4.39 Å². The van der Waals surface area contributed by atoms with Crippen LogP contribution in [0.5, 0.6) is 0 Å². The minimum Gasteiger partial charge on any atom is -0.378 e. The molecule has 3 aliphatic heterocycles. The Morgan fingerprint density at radius 1 is 1.00 bits per heavy atom. The lowest BCUT2D eigenvalue weighted by Crippen LogP contribution is -2.43. The van der Waals surface area contributed by atoms with E-state index in [4.69, 9.17) is 19.4 Å². The Bertz CT molecular complexity index is 873. The predicted molar refractivity (Wildman–Crippen MR) is 100.0 cm³/mol. The molecule has 9 heteroatoms. The van der Waals surface area contributed by atoms with Crippen molar-refractivity contribution in [3.05, 3.63) is 35.2 Å². The summed E-state index contributed by atoms with van der Waals surface area (Å²) in [5.41, 5.74) is 2.92. The summed E-state index contributed by atoms with van der Waals surface area (Å²) in [6.45, 7) is 7.66. The van der Waals surface area contributed by atoms with Crippen molar-refractivity contribution < 1.29 is 13.9 Å². The summed E-state index contributed by atoms with van der Waals surface area (Å²) in [5.74, 6) is 0.893. The van der Waals surface area contributed by atoms with E-state index in [0.29, 0.717) is 38.9 Å². The first-order chi connectivity index (χ1) is 13.6. The van der Waals surface area contributed by atoms with Crippen LogP contribution in [0, 0.1) is 12.7 Å². The van der Waals surface area contributed by atoms with Gasteiger partial charge in [-0.3, -0.25) is 0 Å². The summed E-state index contributed by atoms with van der Waals surface area (Å²) in [7, 11) is 0. The molecule has 5 rings (SSSR count). The second-order valence-corrected chi connectivity index (χ2v) is 7.68. The maximum atomic E-state index is 13.2. The van der Waals surface area contributed by atoms with Crippen molar-refractivity contribution in [2.24, 2.45) is 0 Å². The van der Waals surface area contributed by atoms with E-state index in [1.54, 1.807) is 0 Å². The highest BCUT2D eigenvalue weighted by atomic mass is 19.1. The highest BCUT2D eigenvalue weighted by Crippen LogP contribution is 2.41. The normalized spacial score (nSPS) is 24.6. The molecule has 0 N–H and O–H groups in total. The first-order valence-corrected chi connectivity index (χ1v) is 9.66. The third-order valence-electron chi connectivity index (χ3n) is 5.87. The van der Waals surface area contributed by atoms with Crippen molar-refractivity contribution in [3.8, 4) is 0 Å². The Morgan fingerprint density at radius 3 is 2.57 bits per heavy atom. The van der Waals surface area contributed by atoms with Gasteiger partial charge in [-0.25, -0.2) is 24.3 Å². The largest absolute Gasteiger partial charge is 0.378 e. The van der Waals surface area contributed by atoms with Gasteiger partial charge in [0.25, 0.3) is 0 Å². The fraction of sp³-hybridized carbons (Fsp3) is 0.579. The third-order valence-corrected chi connectivity index (χ3v) is 5.87. The second kappa shape index (κ2) is 6.89. The van der Waals surface area contributed by atoms with Gasteiger partial charge in [-0.1, -0.05) is 0 Å². The standard InChI is InChI=1S/C19H23FN6O2/c1-13-15-10-28-12-19(2-3-26(11-19)17-21-8-14(20)9-22-17)16(15)24-18(23-13)25-4-6-27-7-5-25/h8-9H,2-7,10-12H2,1H3/t19-/m1/s1. The molecule has 5 heterocycles. The Morgan fingerprint density at radius 2 is 1.79 bits per heavy atom. The number of hydrogen-bond donors (Lipinski definition) is 0. The molecule has 0 saturated carbocycles. The van der Waals surface area contributed by atoms with Crippen LogP contribution in [-0.2, 0) is 21.5 Å². The monoisotopic (exact) mass is 386 g/mol. The fourth-order valence-electron chi connectivity index (χ4n) is 4.34. The molecule has 0 radical (unpaired) electrons. The van der Waals surface area contributed by atoms with Crippen molar-refractivity contribution in [3.63, 3.8) is 0 Å². The Balaban J connectivity index is 1.49. The molecule has 1 atom stereocenters. The minimum atomic E-state index is -0.428. The zero-order valence-corrected chi connectivity index (χ0v) is 15.9. The SMILES string of the molecule is Cc1nc(N2CCOCC2)nc2c1COC[C@]21CCN(c2ncc(F)cn2)C1. The van der Waals surface area contributed by atoms with Crippen LogP contribution in [0.15, 0.2) is 12.4 Å². The number of ether oxygens (including phenoxy) is 2. The van der Waals surface area contributed by atoms with E-state index in [0.717, 1.165) is 49.0 Å².